The lowest BCUT2D eigenvalue weighted by atomic mass is 9.56. The van der Waals surface area contributed by atoms with Crippen molar-refractivity contribution in [2.75, 3.05) is 7.05 Å². The highest BCUT2D eigenvalue weighted by molar-refractivity contribution is 5.61. The molecule has 1 fully saturated rings. The normalized spacial score (nSPS) is 30.0. The summed E-state index contributed by atoms with van der Waals surface area (Å²) in [6.45, 7) is 0. The summed E-state index contributed by atoms with van der Waals surface area (Å²) in [6.07, 6.45) is -1.30. The number of alkyl halides is 3. The van der Waals surface area contributed by atoms with Gasteiger partial charge in [-0.15, -0.1) is 0 Å². The van der Waals surface area contributed by atoms with Crippen LogP contribution in [0.25, 0.3) is 0 Å². The molecule has 0 saturated carbocycles. The van der Waals surface area contributed by atoms with Crippen LogP contribution in [0.1, 0.15) is 29.9 Å². The second-order valence-corrected chi connectivity index (χ2v) is 8.02. The van der Waals surface area contributed by atoms with E-state index in [4.69, 9.17) is 5.73 Å². The fourth-order valence-electron chi connectivity index (χ4n) is 5.46. The molecule has 30 heavy (non-hydrogen) atoms. The molecule has 1 aromatic carbocycles. The van der Waals surface area contributed by atoms with Crippen LogP contribution in [0.5, 0.6) is 0 Å². The zero-order valence-electron chi connectivity index (χ0n) is 16.1. The van der Waals surface area contributed by atoms with E-state index in [0.717, 1.165) is 12.5 Å². The molecule has 4 rings (SSSR count). The van der Waals surface area contributed by atoms with E-state index >= 15 is 0 Å². The number of nitrogens with zero attached hydrogens (tertiary/aromatic N) is 4. The van der Waals surface area contributed by atoms with Gasteiger partial charge in [0.05, 0.1) is 29.0 Å². The van der Waals surface area contributed by atoms with E-state index < -0.39 is 29.0 Å². The zero-order valence-corrected chi connectivity index (χ0v) is 16.1. The van der Waals surface area contributed by atoms with Gasteiger partial charge in [0.25, 0.3) is 0 Å². The molecule has 1 aliphatic carbocycles. The van der Waals surface area contributed by atoms with Crippen molar-refractivity contribution in [2.45, 2.75) is 37.0 Å². The predicted octanol–water partition coefficient (Wildman–Crippen LogP) is 3.59. The largest absolute Gasteiger partial charge is 0.416 e. The third kappa shape index (κ3) is 2.49. The van der Waals surface area contributed by atoms with Gasteiger partial charge in [-0.25, -0.2) is 0 Å². The van der Waals surface area contributed by atoms with Crippen LogP contribution in [0.15, 0.2) is 47.2 Å². The Morgan fingerprint density at radius 2 is 1.80 bits per heavy atom. The first-order valence-electron chi connectivity index (χ1n) is 9.54. The molecule has 0 radical (unpaired) electrons. The SMILES string of the molecule is CN1[C@@H]2C=C3C(C#N)=C(N)C(C#N)(C#N)[C@@H](c4ccccc4C(F)(F)F)[C@H]3[C@H]1CC2. The minimum absolute atomic E-state index is 0.0487. The number of nitrogens with two attached hydrogens (primary N) is 1. The van der Waals surface area contributed by atoms with Crippen LogP contribution in [-0.4, -0.2) is 24.0 Å². The molecule has 0 unspecified atom stereocenters. The van der Waals surface area contributed by atoms with E-state index in [1.807, 2.05) is 31.3 Å². The van der Waals surface area contributed by atoms with Crippen molar-refractivity contribution in [3.8, 4) is 18.2 Å². The monoisotopic (exact) mass is 409 g/mol. The van der Waals surface area contributed by atoms with Gasteiger partial charge in [0.15, 0.2) is 5.41 Å². The second kappa shape index (κ2) is 6.62. The van der Waals surface area contributed by atoms with E-state index in [9.17, 15) is 29.0 Å². The van der Waals surface area contributed by atoms with Crippen molar-refractivity contribution in [2.24, 2.45) is 17.1 Å². The molecule has 2 aliphatic heterocycles. The summed E-state index contributed by atoms with van der Waals surface area (Å²) < 4.78 is 41.7. The Labute approximate surface area is 172 Å². The number of fused-ring (bicyclic) bond motifs is 4. The summed E-state index contributed by atoms with van der Waals surface area (Å²) in [5, 5.41) is 29.9. The number of halogens is 3. The van der Waals surface area contributed by atoms with Crippen molar-refractivity contribution < 1.29 is 13.2 Å². The lowest BCUT2D eigenvalue weighted by molar-refractivity contribution is -0.138. The number of hydrogen-bond acceptors (Lipinski definition) is 5. The first-order valence-corrected chi connectivity index (χ1v) is 9.54. The van der Waals surface area contributed by atoms with Gasteiger partial charge in [-0.05, 0) is 37.1 Å². The molecule has 152 valence electrons. The molecule has 1 saturated heterocycles. The minimum Gasteiger partial charge on any atom is -0.399 e. The van der Waals surface area contributed by atoms with Crippen molar-refractivity contribution in [1.29, 1.82) is 15.8 Å². The molecule has 1 aromatic rings. The van der Waals surface area contributed by atoms with Gasteiger partial charge in [0, 0.05) is 23.9 Å². The average Bonchev–Trinajstić information content (AvgIpc) is 2.95. The van der Waals surface area contributed by atoms with Crippen LogP contribution in [-0.2, 0) is 6.18 Å². The van der Waals surface area contributed by atoms with E-state index in [2.05, 4.69) is 4.90 Å². The third-order valence-electron chi connectivity index (χ3n) is 6.82. The Bertz CT molecular complexity index is 1080. The van der Waals surface area contributed by atoms with Crippen molar-refractivity contribution >= 4 is 0 Å². The van der Waals surface area contributed by atoms with Crippen molar-refractivity contribution in [3.63, 3.8) is 0 Å². The molecule has 0 amide bonds. The van der Waals surface area contributed by atoms with Crippen LogP contribution < -0.4 is 5.73 Å². The van der Waals surface area contributed by atoms with E-state index in [0.29, 0.717) is 12.0 Å². The Kier molecular flexibility index (Phi) is 4.42. The maximum absolute atomic E-state index is 13.9. The molecule has 3 aliphatic rings. The summed E-state index contributed by atoms with van der Waals surface area (Å²) in [6, 6.07) is 10.7. The third-order valence-corrected chi connectivity index (χ3v) is 6.82. The van der Waals surface area contributed by atoms with Crippen LogP contribution in [0.4, 0.5) is 13.2 Å². The fourth-order valence-corrected chi connectivity index (χ4v) is 5.46. The highest BCUT2D eigenvalue weighted by Crippen LogP contribution is 2.59. The Morgan fingerprint density at radius 1 is 1.13 bits per heavy atom. The fraction of sp³-hybridized carbons (Fsp3) is 0.409. The summed E-state index contributed by atoms with van der Waals surface area (Å²) in [5.74, 6) is -1.78. The predicted molar refractivity (Wildman–Crippen MR) is 101 cm³/mol. The highest BCUT2D eigenvalue weighted by atomic mass is 19.4. The quantitative estimate of drug-likeness (QED) is 0.764. The maximum atomic E-state index is 13.9. The topological polar surface area (TPSA) is 101 Å². The van der Waals surface area contributed by atoms with Gasteiger partial charge in [-0.3, -0.25) is 4.90 Å². The van der Waals surface area contributed by atoms with E-state index in [1.54, 1.807) is 0 Å². The van der Waals surface area contributed by atoms with E-state index in [-0.39, 0.29) is 28.9 Å². The molecule has 2 N–H and O–H groups in total. The molecule has 4 atom stereocenters. The maximum Gasteiger partial charge on any atom is 0.416 e. The molecule has 0 spiro atoms. The molecular weight excluding hydrogens is 391 g/mol. The first kappa shape index (κ1) is 20.0. The van der Waals surface area contributed by atoms with Gasteiger partial charge in [0.1, 0.15) is 6.07 Å². The summed E-state index contributed by atoms with van der Waals surface area (Å²) in [7, 11) is 1.89. The zero-order chi connectivity index (χ0) is 21.8. The standard InChI is InChI=1S/C22H18F3N5/c1-30-12-6-7-17(30)18-14(8-12)15(9-26)20(29)21(10-27,11-28)19(18)13-4-2-3-5-16(13)22(23,24)25/h2-5,8,12,17-19H,6-7,29H2,1H3/t12-,17+,18+,19-/m0/s1. The molecular formula is C22H18F3N5. The number of likely N-dealkylation sites (N-methyl/N-ethyl adjacent to an activating group) is 1. The van der Waals surface area contributed by atoms with Gasteiger partial charge < -0.3 is 5.73 Å². The van der Waals surface area contributed by atoms with Gasteiger partial charge in [0.2, 0.25) is 0 Å². The lowest BCUT2D eigenvalue weighted by Crippen LogP contribution is -2.51. The molecule has 2 heterocycles. The van der Waals surface area contributed by atoms with Crippen molar-refractivity contribution in [3.05, 3.63) is 58.3 Å². The summed E-state index contributed by atoms with van der Waals surface area (Å²) in [4.78, 5) is 2.06. The van der Waals surface area contributed by atoms with Crippen molar-refractivity contribution in [1.82, 2.24) is 4.90 Å². The number of nitriles is 3. The van der Waals surface area contributed by atoms with Crippen LogP contribution in [0, 0.1) is 45.3 Å². The number of hydrogen-bond donors (Lipinski definition) is 1. The Morgan fingerprint density at radius 3 is 2.40 bits per heavy atom. The smallest absolute Gasteiger partial charge is 0.399 e. The Hall–Kier alpha value is -3.28. The number of rotatable bonds is 1. The molecule has 2 bridgehead atoms. The van der Waals surface area contributed by atoms with Gasteiger partial charge in [-0.2, -0.15) is 29.0 Å². The number of allylic oxidation sites excluding steroid dienone is 2. The highest BCUT2D eigenvalue weighted by Gasteiger charge is 2.59. The second-order valence-electron chi connectivity index (χ2n) is 8.02. The molecule has 5 nitrogen and oxygen atoms in total. The number of benzene rings is 1. The summed E-state index contributed by atoms with van der Waals surface area (Å²) >= 11 is 0. The first-order chi connectivity index (χ1) is 14.2. The van der Waals surface area contributed by atoms with E-state index in [1.165, 1.54) is 18.2 Å². The average molecular weight is 409 g/mol. The van der Waals surface area contributed by atoms with Crippen LogP contribution in [0.2, 0.25) is 0 Å². The van der Waals surface area contributed by atoms with Crippen LogP contribution in [0.3, 0.4) is 0 Å². The molecule has 0 aromatic heterocycles. The molecule has 8 heteroatoms. The van der Waals surface area contributed by atoms with Gasteiger partial charge >= 0.3 is 6.18 Å². The van der Waals surface area contributed by atoms with Crippen LogP contribution >= 0.6 is 0 Å². The van der Waals surface area contributed by atoms with Gasteiger partial charge in [-0.1, -0.05) is 24.3 Å². The lowest BCUT2D eigenvalue weighted by Gasteiger charge is -2.48. The summed E-state index contributed by atoms with van der Waals surface area (Å²) in [5.41, 5.74) is 3.45. The Balaban J connectivity index is 2.09. The minimum atomic E-state index is -4.66.